The Kier molecular flexibility index (Phi) is 8.51. The van der Waals surface area contributed by atoms with Gasteiger partial charge in [-0.1, -0.05) is 37.3 Å². The Morgan fingerprint density at radius 3 is 2.26 bits per heavy atom. The smallest absolute Gasteiger partial charge is 0.329 e. The van der Waals surface area contributed by atoms with Crippen LogP contribution in [0.5, 0.6) is 5.75 Å². The fourth-order valence-corrected chi connectivity index (χ4v) is 2.93. The number of amides is 3. The summed E-state index contributed by atoms with van der Waals surface area (Å²) in [4.78, 5) is 36.0. The third-order valence-corrected chi connectivity index (χ3v) is 4.88. The lowest BCUT2D eigenvalue weighted by atomic mass is 10.1. The molecule has 3 aromatic carbocycles. The number of rotatable bonds is 8. The third-order valence-electron chi connectivity index (χ3n) is 4.88. The molecule has 0 aliphatic heterocycles. The molecule has 0 aliphatic carbocycles. The van der Waals surface area contributed by atoms with Gasteiger partial charge in [-0.15, -0.1) is 0 Å². The average molecular weight is 459 g/mol. The number of hydrogen-bond acceptors (Lipinski definition) is 5. The molecule has 174 valence electrons. The van der Waals surface area contributed by atoms with Gasteiger partial charge < -0.3 is 15.4 Å². The van der Waals surface area contributed by atoms with Crippen molar-refractivity contribution in [2.45, 2.75) is 20.3 Å². The van der Waals surface area contributed by atoms with Crippen LogP contribution in [0.25, 0.3) is 0 Å². The van der Waals surface area contributed by atoms with Crippen LogP contribution in [0.2, 0.25) is 0 Å². The Morgan fingerprint density at radius 1 is 0.882 bits per heavy atom. The van der Waals surface area contributed by atoms with Crippen LogP contribution in [0, 0.1) is 6.92 Å². The Balaban J connectivity index is 1.43. The SMILES string of the molecule is CCc1ccc(NC(=O)C(=O)N/N=C\c2ccc(OCC(=O)Nc3ccccc3C)cc2)cc1. The molecule has 3 amide bonds. The third kappa shape index (κ3) is 7.30. The van der Waals surface area contributed by atoms with Crippen LogP contribution in [0.1, 0.15) is 23.6 Å². The largest absolute Gasteiger partial charge is 0.484 e. The lowest BCUT2D eigenvalue weighted by Crippen LogP contribution is -2.32. The van der Waals surface area contributed by atoms with Crippen molar-refractivity contribution in [2.75, 3.05) is 17.2 Å². The van der Waals surface area contributed by atoms with E-state index >= 15 is 0 Å². The number of para-hydroxylation sites is 1. The summed E-state index contributed by atoms with van der Waals surface area (Å²) in [6.45, 7) is 3.82. The van der Waals surface area contributed by atoms with Gasteiger partial charge in [0, 0.05) is 11.4 Å². The normalized spacial score (nSPS) is 10.5. The summed E-state index contributed by atoms with van der Waals surface area (Å²) in [5, 5.41) is 9.12. The summed E-state index contributed by atoms with van der Waals surface area (Å²) in [5.41, 5.74) is 6.24. The van der Waals surface area contributed by atoms with Crippen LogP contribution in [-0.4, -0.2) is 30.5 Å². The molecule has 0 saturated heterocycles. The highest BCUT2D eigenvalue weighted by atomic mass is 16.5. The first-order valence-electron chi connectivity index (χ1n) is 10.8. The second kappa shape index (κ2) is 12.0. The number of hydrazone groups is 1. The molecular weight excluding hydrogens is 432 g/mol. The fourth-order valence-electron chi connectivity index (χ4n) is 2.93. The van der Waals surface area contributed by atoms with Crippen LogP contribution in [0.4, 0.5) is 11.4 Å². The molecule has 0 spiro atoms. The average Bonchev–Trinajstić information content (AvgIpc) is 2.85. The van der Waals surface area contributed by atoms with Crippen LogP contribution in [-0.2, 0) is 20.8 Å². The molecular formula is C26H26N4O4. The molecule has 0 heterocycles. The number of aryl methyl sites for hydroxylation is 2. The van der Waals surface area contributed by atoms with Crippen LogP contribution >= 0.6 is 0 Å². The second-order valence-corrected chi connectivity index (χ2v) is 7.42. The lowest BCUT2D eigenvalue weighted by molar-refractivity contribution is -0.136. The highest BCUT2D eigenvalue weighted by Gasteiger charge is 2.12. The molecule has 8 heteroatoms. The monoisotopic (exact) mass is 458 g/mol. The number of benzene rings is 3. The van der Waals surface area contributed by atoms with E-state index in [1.165, 1.54) is 6.21 Å². The van der Waals surface area contributed by atoms with E-state index in [4.69, 9.17) is 4.74 Å². The standard InChI is InChI=1S/C26H26N4O4/c1-3-19-8-12-21(13-9-19)28-25(32)26(33)30-27-16-20-10-14-22(15-11-20)34-17-24(31)29-23-7-5-4-6-18(23)2/h4-16H,3,17H2,1-2H3,(H,28,32)(H,29,31)(H,30,33)/b27-16-. The molecule has 0 bridgehead atoms. The van der Waals surface area contributed by atoms with Gasteiger partial charge in [-0.25, -0.2) is 5.43 Å². The molecule has 0 atom stereocenters. The molecule has 3 aromatic rings. The van der Waals surface area contributed by atoms with Crippen molar-refractivity contribution in [1.82, 2.24) is 5.43 Å². The van der Waals surface area contributed by atoms with E-state index in [9.17, 15) is 14.4 Å². The summed E-state index contributed by atoms with van der Waals surface area (Å²) in [5.74, 6) is -1.44. The highest BCUT2D eigenvalue weighted by Crippen LogP contribution is 2.14. The van der Waals surface area contributed by atoms with Crippen molar-refractivity contribution in [2.24, 2.45) is 5.10 Å². The maximum atomic E-state index is 12.1. The zero-order chi connectivity index (χ0) is 24.3. The van der Waals surface area contributed by atoms with Gasteiger partial charge in [0.1, 0.15) is 5.75 Å². The summed E-state index contributed by atoms with van der Waals surface area (Å²) in [6.07, 6.45) is 2.29. The summed E-state index contributed by atoms with van der Waals surface area (Å²) >= 11 is 0. The van der Waals surface area contributed by atoms with Crippen molar-refractivity contribution in [1.29, 1.82) is 0 Å². The Bertz CT molecular complexity index is 1170. The number of nitrogens with one attached hydrogen (secondary N) is 3. The Labute approximate surface area is 198 Å². The van der Waals surface area contributed by atoms with Crippen molar-refractivity contribution >= 4 is 35.3 Å². The van der Waals surface area contributed by atoms with Crippen LogP contribution in [0.15, 0.2) is 77.9 Å². The molecule has 0 saturated carbocycles. The van der Waals surface area contributed by atoms with Gasteiger partial charge in [0.25, 0.3) is 5.91 Å². The topological polar surface area (TPSA) is 109 Å². The van der Waals surface area contributed by atoms with Gasteiger partial charge in [-0.3, -0.25) is 14.4 Å². The Hall–Kier alpha value is -4.46. The molecule has 0 aromatic heterocycles. The van der Waals surface area contributed by atoms with Gasteiger partial charge >= 0.3 is 11.8 Å². The van der Waals surface area contributed by atoms with Crippen molar-refractivity contribution < 1.29 is 19.1 Å². The van der Waals surface area contributed by atoms with E-state index in [1.54, 1.807) is 36.4 Å². The van der Waals surface area contributed by atoms with E-state index in [2.05, 4.69) is 21.2 Å². The maximum absolute atomic E-state index is 12.1. The summed E-state index contributed by atoms with van der Waals surface area (Å²) in [6, 6.07) is 21.5. The molecule has 0 aliphatic rings. The predicted molar refractivity (Wildman–Crippen MR) is 132 cm³/mol. The maximum Gasteiger partial charge on any atom is 0.329 e. The Morgan fingerprint density at radius 2 is 1.59 bits per heavy atom. The minimum Gasteiger partial charge on any atom is -0.484 e. The molecule has 8 nitrogen and oxygen atoms in total. The first-order valence-corrected chi connectivity index (χ1v) is 10.8. The number of ether oxygens (including phenoxy) is 1. The van der Waals surface area contributed by atoms with Crippen molar-refractivity contribution in [3.8, 4) is 5.75 Å². The number of anilines is 2. The molecule has 0 unspecified atom stereocenters. The minimum atomic E-state index is -0.879. The predicted octanol–water partition coefficient (Wildman–Crippen LogP) is 3.66. The van der Waals surface area contributed by atoms with Gasteiger partial charge in [-0.2, -0.15) is 5.10 Å². The molecule has 0 radical (unpaired) electrons. The van der Waals surface area contributed by atoms with Crippen LogP contribution < -0.4 is 20.8 Å². The molecule has 0 fully saturated rings. The van der Waals surface area contributed by atoms with Gasteiger partial charge in [0.05, 0.1) is 6.21 Å². The molecule has 3 rings (SSSR count). The number of nitrogens with zero attached hydrogens (tertiary/aromatic N) is 1. The first kappa shape index (κ1) is 24.2. The number of carbonyl (C=O) groups excluding carboxylic acids is 3. The molecule has 34 heavy (non-hydrogen) atoms. The minimum absolute atomic E-state index is 0.131. The highest BCUT2D eigenvalue weighted by molar-refractivity contribution is 6.39. The zero-order valence-corrected chi connectivity index (χ0v) is 19.0. The van der Waals surface area contributed by atoms with Gasteiger partial charge in [0.2, 0.25) is 0 Å². The number of carbonyl (C=O) groups is 3. The van der Waals surface area contributed by atoms with Crippen molar-refractivity contribution in [3.63, 3.8) is 0 Å². The fraction of sp³-hybridized carbons (Fsp3) is 0.154. The van der Waals surface area contributed by atoms with E-state index in [1.807, 2.05) is 50.2 Å². The van der Waals surface area contributed by atoms with E-state index < -0.39 is 11.8 Å². The molecule has 3 N–H and O–H groups in total. The van der Waals surface area contributed by atoms with Gasteiger partial charge in [0.15, 0.2) is 6.61 Å². The summed E-state index contributed by atoms with van der Waals surface area (Å²) in [7, 11) is 0. The quantitative estimate of drug-likeness (QED) is 0.272. The summed E-state index contributed by atoms with van der Waals surface area (Å²) < 4.78 is 5.50. The van der Waals surface area contributed by atoms with E-state index in [0.717, 1.165) is 23.2 Å². The first-order chi connectivity index (χ1) is 16.4. The second-order valence-electron chi connectivity index (χ2n) is 7.42. The van der Waals surface area contributed by atoms with Crippen molar-refractivity contribution in [3.05, 3.63) is 89.5 Å². The van der Waals surface area contributed by atoms with E-state index in [-0.39, 0.29) is 12.5 Å². The zero-order valence-electron chi connectivity index (χ0n) is 19.0. The van der Waals surface area contributed by atoms with E-state index in [0.29, 0.717) is 17.0 Å². The lowest BCUT2D eigenvalue weighted by Gasteiger charge is -2.09. The van der Waals surface area contributed by atoms with Gasteiger partial charge in [-0.05, 0) is 72.5 Å². The van der Waals surface area contributed by atoms with Crippen LogP contribution in [0.3, 0.4) is 0 Å². The number of hydrogen-bond donors (Lipinski definition) is 3.